The van der Waals surface area contributed by atoms with E-state index in [-0.39, 0.29) is 11.3 Å². The average molecular weight is 429 g/mol. The summed E-state index contributed by atoms with van der Waals surface area (Å²) in [5.74, 6) is 0.912. The molecule has 3 rings (SSSR count). The van der Waals surface area contributed by atoms with E-state index in [9.17, 15) is 10.1 Å². The third-order valence-electron chi connectivity index (χ3n) is 5.51. The number of nitrogens with one attached hydrogen (secondary N) is 1. The molecule has 8 nitrogen and oxygen atoms in total. The number of hydrogen-bond acceptors (Lipinski definition) is 8. The van der Waals surface area contributed by atoms with Gasteiger partial charge in [0.05, 0.1) is 31.1 Å². The molecule has 1 aliphatic heterocycles. The van der Waals surface area contributed by atoms with Crippen LogP contribution in [0.5, 0.6) is 11.5 Å². The lowest BCUT2D eigenvalue weighted by Gasteiger charge is -2.32. The van der Waals surface area contributed by atoms with Gasteiger partial charge >= 0.3 is 7.12 Å². The summed E-state index contributed by atoms with van der Waals surface area (Å²) in [6, 6.07) is 5.39. The summed E-state index contributed by atoms with van der Waals surface area (Å²) in [6.45, 7) is 7.79. The highest BCUT2D eigenvalue weighted by molar-refractivity contribution is 7.98. The van der Waals surface area contributed by atoms with Crippen LogP contribution in [-0.2, 0) is 9.31 Å². The van der Waals surface area contributed by atoms with E-state index in [0.29, 0.717) is 27.7 Å². The van der Waals surface area contributed by atoms with E-state index in [1.807, 2.05) is 33.8 Å². The molecule has 0 atom stereocenters. The average Bonchev–Trinajstić information content (AvgIpc) is 2.93. The number of ether oxygens (including phenoxy) is 2. The van der Waals surface area contributed by atoms with Gasteiger partial charge in [0, 0.05) is 11.6 Å². The zero-order chi connectivity index (χ0) is 22.3. The Kier molecular flexibility index (Phi) is 5.91. The first-order chi connectivity index (χ1) is 14.1. The summed E-state index contributed by atoms with van der Waals surface area (Å²) in [5.41, 5.74) is -0.598. The van der Waals surface area contributed by atoms with Crippen LogP contribution in [0.15, 0.2) is 22.1 Å². The second-order valence-corrected chi connectivity index (χ2v) is 8.59. The van der Waals surface area contributed by atoms with Crippen LogP contribution in [0, 0.1) is 11.3 Å². The van der Waals surface area contributed by atoms with Gasteiger partial charge in [0.15, 0.2) is 5.16 Å². The fourth-order valence-corrected chi connectivity index (χ4v) is 3.51. The molecule has 0 bridgehead atoms. The van der Waals surface area contributed by atoms with Gasteiger partial charge in [0.1, 0.15) is 23.1 Å². The second kappa shape index (κ2) is 7.98. The molecule has 0 radical (unpaired) electrons. The molecule has 30 heavy (non-hydrogen) atoms. The lowest BCUT2D eigenvalue weighted by molar-refractivity contribution is 0.00578. The molecule has 0 unspecified atom stereocenters. The van der Waals surface area contributed by atoms with Crippen LogP contribution in [0.1, 0.15) is 33.3 Å². The van der Waals surface area contributed by atoms with E-state index in [0.717, 1.165) is 0 Å². The summed E-state index contributed by atoms with van der Waals surface area (Å²) >= 11 is 1.27. The minimum atomic E-state index is -0.778. The molecule has 0 spiro atoms. The number of aromatic nitrogens is 2. The molecule has 1 fully saturated rings. The fraction of sp³-hybridized carbons (Fsp3) is 0.450. The Balaban J connectivity index is 2.35. The highest BCUT2D eigenvalue weighted by atomic mass is 32.2. The van der Waals surface area contributed by atoms with Crippen molar-refractivity contribution in [3.63, 3.8) is 0 Å². The van der Waals surface area contributed by atoms with Crippen LogP contribution in [0.25, 0.3) is 11.3 Å². The van der Waals surface area contributed by atoms with Crippen molar-refractivity contribution in [3.05, 3.63) is 28.0 Å². The molecule has 0 aliphatic carbocycles. The van der Waals surface area contributed by atoms with Crippen LogP contribution >= 0.6 is 11.8 Å². The Morgan fingerprint density at radius 3 is 2.30 bits per heavy atom. The van der Waals surface area contributed by atoms with Gasteiger partial charge in [-0.3, -0.25) is 4.79 Å². The summed E-state index contributed by atoms with van der Waals surface area (Å²) in [6.07, 6.45) is 1.79. The summed E-state index contributed by atoms with van der Waals surface area (Å²) in [7, 11) is 2.26. The monoisotopic (exact) mass is 429 g/mol. The Morgan fingerprint density at radius 2 is 1.80 bits per heavy atom. The van der Waals surface area contributed by atoms with Crippen molar-refractivity contribution in [1.82, 2.24) is 9.97 Å². The van der Waals surface area contributed by atoms with Crippen molar-refractivity contribution in [2.75, 3.05) is 20.5 Å². The zero-order valence-electron chi connectivity index (χ0n) is 18.1. The number of nitriles is 1. The zero-order valence-corrected chi connectivity index (χ0v) is 18.9. The van der Waals surface area contributed by atoms with Crippen molar-refractivity contribution in [2.24, 2.45) is 0 Å². The van der Waals surface area contributed by atoms with Gasteiger partial charge in [-0.25, -0.2) is 4.98 Å². The van der Waals surface area contributed by atoms with Gasteiger partial charge in [-0.15, -0.1) is 0 Å². The molecule has 10 heteroatoms. The number of hydrogen-bond donors (Lipinski definition) is 1. The predicted octanol–water partition coefficient (Wildman–Crippen LogP) is 2.35. The number of rotatable bonds is 5. The maximum Gasteiger partial charge on any atom is 0.495 e. The highest BCUT2D eigenvalue weighted by Crippen LogP contribution is 2.39. The summed E-state index contributed by atoms with van der Waals surface area (Å²) in [5, 5.41) is 10.0. The molecule has 2 heterocycles. The van der Waals surface area contributed by atoms with E-state index >= 15 is 0 Å². The number of benzene rings is 1. The topological polar surface area (TPSA) is 106 Å². The standard InChI is InChI=1S/C20H24BN3O5S/c1-19(2)20(3,4)29-21(28-19)13-8-11(26-5)9-14(27-6)15(13)16-12(10-22)17(25)24-18(23-16)30-7/h8-9H,1-7H3,(H,23,24,25). The fourth-order valence-electron chi connectivity index (χ4n) is 3.13. The molecule has 1 aliphatic rings. The third-order valence-corrected chi connectivity index (χ3v) is 6.09. The lowest BCUT2D eigenvalue weighted by atomic mass is 9.74. The molecule has 1 aromatic heterocycles. The Morgan fingerprint density at radius 1 is 1.17 bits per heavy atom. The van der Waals surface area contributed by atoms with Gasteiger partial charge in [-0.05, 0) is 45.5 Å². The van der Waals surface area contributed by atoms with Crippen LogP contribution in [0.3, 0.4) is 0 Å². The second-order valence-electron chi connectivity index (χ2n) is 7.79. The number of aromatic amines is 1. The quantitative estimate of drug-likeness (QED) is 0.439. The maximum absolute atomic E-state index is 12.5. The van der Waals surface area contributed by atoms with Crippen LogP contribution in [0.2, 0.25) is 0 Å². The first-order valence-electron chi connectivity index (χ1n) is 9.29. The molecule has 2 aromatic rings. The highest BCUT2D eigenvalue weighted by Gasteiger charge is 2.52. The summed E-state index contributed by atoms with van der Waals surface area (Å²) < 4.78 is 23.5. The molecule has 1 aromatic carbocycles. The minimum absolute atomic E-state index is 0.117. The summed E-state index contributed by atoms with van der Waals surface area (Å²) in [4.78, 5) is 19.6. The van der Waals surface area contributed by atoms with E-state index < -0.39 is 23.9 Å². The van der Waals surface area contributed by atoms with Crippen molar-refractivity contribution in [1.29, 1.82) is 5.26 Å². The van der Waals surface area contributed by atoms with Crippen LogP contribution in [-0.4, -0.2) is 48.8 Å². The van der Waals surface area contributed by atoms with E-state index in [2.05, 4.69) is 9.97 Å². The first kappa shape index (κ1) is 22.2. The number of nitrogens with zero attached hydrogens (tertiary/aromatic N) is 2. The Labute approximate surface area is 180 Å². The number of H-pyrrole nitrogens is 1. The molecule has 158 valence electrons. The van der Waals surface area contributed by atoms with Gasteiger partial charge in [-0.1, -0.05) is 11.8 Å². The predicted molar refractivity (Wildman–Crippen MR) is 116 cm³/mol. The van der Waals surface area contributed by atoms with E-state index in [1.165, 1.54) is 18.9 Å². The molecule has 1 N–H and O–H groups in total. The van der Waals surface area contributed by atoms with Crippen LogP contribution < -0.4 is 20.5 Å². The Hall–Kier alpha value is -2.48. The van der Waals surface area contributed by atoms with Gasteiger partial charge in [-0.2, -0.15) is 5.26 Å². The Bertz CT molecular complexity index is 1060. The smallest absolute Gasteiger partial charge is 0.495 e. The van der Waals surface area contributed by atoms with Crippen molar-refractivity contribution < 1.29 is 18.8 Å². The third kappa shape index (κ3) is 3.69. The molecule has 0 saturated carbocycles. The van der Waals surface area contributed by atoms with Crippen molar-refractivity contribution in [2.45, 2.75) is 44.1 Å². The number of methoxy groups -OCH3 is 2. The van der Waals surface area contributed by atoms with E-state index in [1.54, 1.807) is 25.5 Å². The molecular weight excluding hydrogens is 405 g/mol. The minimum Gasteiger partial charge on any atom is -0.497 e. The first-order valence-corrected chi connectivity index (χ1v) is 10.5. The van der Waals surface area contributed by atoms with Crippen molar-refractivity contribution in [3.8, 4) is 28.8 Å². The molecule has 0 amide bonds. The number of thioether (sulfide) groups is 1. The molecular formula is C20H24BN3O5S. The maximum atomic E-state index is 12.5. The SMILES string of the molecule is COc1cc(OC)c(-c2nc(SC)[nH]c(=O)c2C#N)c(B2OC(C)(C)C(C)(C)O2)c1. The van der Waals surface area contributed by atoms with Gasteiger partial charge in [0.2, 0.25) is 0 Å². The van der Waals surface area contributed by atoms with Gasteiger partial charge in [0.25, 0.3) is 5.56 Å². The van der Waals surface area contributed by atoms with Crippen molar-refractivity contribution >= 4 is 24.3 Å². The van der Waals surface area contributed by atoms with Crippen LogP contribution in [0.4, 0.5) is 0 Å². The largest absolute Gasteiger partial charge is 0.497 e. The lowest BCUT2D eigenvalue weighted by Crippen LogP contribution is -2.41. The molecule has 1 saturated heterocycles. The van der Waals surface area contributed by atoms with Gasteiger partial charge < -0.3 is 23.8 Å². The van der Waals surface area contributed by atoms with E-state index in [4.69, 9.17) is 18.8 Å². The normalized spacial score (nSPS) is 16.9.